The van der Waals surface area contributed by atoms with E-state index in [4.69, 9.17) is 0 Å². The second kappa shape index (κ2) is 3.95. The van der Waals surface area contributed by atoms with Crippen LogP contribution in [0, 0.1) is 13.8 Å². The van der Waals surface area contributed by atoms with Crippen LogP contribution in [-0.2, 0) is 5.60 Å². The maximum absolute atomic E-state index is 10.6. The molecule has 2 nitrogen and oxygen atoms in total. The summed E-state index contributed by atoms with van der Waals surface area (Å²) in [5.41, 5.74) is 2.92. The van der Waals surface area contributed by atoms with Crippen molar-refractivity contribution in [3.8, 4) is 0 Å². The van der Waals surface area contributed by atoms with Crippen LogP contribution in [0.15, 0.2) is 18.2 Å². The second-order valence-corrected chi connectivity index (χ2v) is 4.56. The van der Waals surface area contributed by atoms with Crippen LogP contribution in [0.3, 0.4) is 0 Å². The summed E-state index contributed by atoms with van der Waals surface area (Å²) in [6.07, 6.45) is 1.91. The first kappa shape index (κ1) is 10.7. The van der Waals surface area contributed by atoms with E-state index in [9.17, 15) is 5.11 Å². The topological polar surface area (TPSA) is 32.3 Å². The van der Waals surface area contributed by atoms with Crippen molar-refractivity contribution in [2.45, 2.75) is 32.3 Å². The minimum absolute atomic E-state index is 0.658. The number of hydrogen-bond acceptors (Lipinski definition) is 2. The first-order valence-corrected chi connectivity index (χ1v) is 5.63. The van der Waals surface area contributed by atoms with Gasteiger partial charge in [0.05, 0.1) is 0 Å². The Morgan fingerprint density at radius 1 is 1.33 bits per heavy atom. The van der Waals surface area contributed by atoms with Gasteiger partial charge in [-0.15, -0.1) is 0 Å². The Bertz CT molecular complexity index is 354. The number of nitrogens with one attached hydrogen (secondary N) is 1. The van der Waals surface area contributed by atoms with Gasteiger partial charge >= 0.3 is 0 Å². The number of benzene rings is 1. The van der Waals surface area contributed by atoms with Crippen molar-refractivity contribution < 1.29 is 5.11 Å². The summed E-state index contributed by atoms with van der Waals surface area (Å²) in [5, 5.41) is 13.9. The molecule has 2 rings (SSSR count). The van der Waals surface area contributed by atoms with Gasteiger partial charge in [0, 0.05) is 6.54 Å². The number of β-amino-alcohol motifs (C(OH)–C–C–N with tert-alkyl or cyclic N) is 1. The van der Waals surface area contributed by atoms with Crippen LogP contribution in [0.1, 0.15) is 29.5 Å². The van der Waals surface area contributed by atoms with Crippen molar-refractivity contribution in [2.24, 2.45) is 0 Å². The number of aliphatic hydroxyl groups is 1. The third kappa shape index (κ3) is 1.92. The molecule has 1 aromatic rings. The predicted molar refractivity (Wildman–Crippen MR) is 61.9 cm³/mol. The molecule has 1 aliphatic rings. The van der Waals surface area contributed by atoms with Crippen LogP contribution >= 0.6 is 0 Å². The Kier molecular flexibility index (Phi) is 2.81. The molecule has 1 aromatic carbocycles. The van der Waals surface area contributed by atoms with E-state index in [1.54, 1.807) is 0 Å². The van der Waals surface area contributed by atoms with E-state index < -0.39 is 5.60 Å². The Hall–Kier alpha value is -0.860. The van der Waals surface area contributed by atoms with Crippen LogP contribution in [0.4, 0.5) is 0 Å². The molecule has 0 spiro atoms. The van der Waals surface area contributed by atoms with Crippen LogP contribution < -0.4 is 5.32 Å². The third-order valence-electron chi connectivity index (χ3n) is 3.47. The SMILES string of the molecule is Cc1cccc(C2(O)CCCNC2)c1C. The molecule has 0 bridgehead atoms. The molecule has 0 aromatic heterocycles. The van der Waals surface area contributed by atoms with Gasteiger partial charge in [0.2, 0.25) is 0 Å². The van der Waals surface area contributed by atoms with Gasteiger partial charge in [0.15, 0.2) is 0 Å². The van der Waals surface area contributed by atoms with Gasteiger partial charge in [-0.1, -0.05) is 18.2 Å². The van der Waals surface area contributed by atoms with E-state index in [0.29, 0.717) is 6.54 Å². The molecule has 0 aliphatic carbocycles. The lowest BCUT2D eigenvalue weighted by Crippen LogP contribution is -2.43. The van der Waals surface area contributed by atoms with Crippen molar-refractivity contribution in [3.05, 3.63) is 34.9 Å². The molecule has 0 amide bonds. The van der Waals surface area contributed by atoms with E-state index in [-0.39, 0.29) is 0 Å². The zero-order valence-corrected chi connectivity index (χ0v) is 9.51. The summed E-state index contributed by atoms with van der Waals surface area (Å²) >= 11 is 0. The minimum Gasteiger partial charge on any atom is -0.384 e. The zero-order chi connectivity index (χ0) is 10.9. The highest BCUT2D eigenvalue weighted by Crippen LogP contribution is 2.31. The average Bonchev–Trinajstić information content (AvgIpc) is 2.23. The van der Waals surface area contributed by atoms with E-state index in [1.165, 1.54) is 11.1 Å². The van der Waals surface area contributed by atoms with E-state index >= 15 is 0 Å². The monoisotopic (exact) mass is 205 g/mol. The smallest absolute Gasteiger partial charge is 0.102 e. The zero-order valence-electron chi connectivity index (χ0n) is 9.51. The van der Waals surface area contributed by atoms with Gasteiger partial charge in [-0.05, 0) is 49.9 Å². The first-order valence-electron chi connectivity index (χ1n) is 5.63. The molecule has 2 N–H and O–H groups in total. The molecule has 0 radical (unpaired) electrons. The molecule has 1 atom stereocenters. The molecular formula is C13H19NO. The van der Waals surface area contributed by atoms with E-state index in [2.05, 4.69) is 31.3 Å². The predicted octanol–water partition coefficient (Wildman–Crippen LogP) is 1.87. The first-order chi connectivity index (χ1) is 7.13. The van der Waals surface area contributed by atoms with Crippen LogP contribution in [0.25, 0.3) is 0 Å². The highest BCUT2D eigenvalue weighted by molar-refractivity contribution is 5.37. The quantitative estimate of drug-likeness (QED) is 0.733. The summed E-state index contributed by atoms with van der Waals surface area (Å²) < 4.78 is 0. The van der Waals surface area contributed by atoms with Gasteiger partial charge in [-0.3, -0.25) is 0 Å². The summed E-state index contributed by atoms with van der Waals surface area (Å²) in [4.78, 5) is 0. The summed E-state index contributed by atoms with van der Waals surface area (Å²) in [6, 6.07) is 6.18. The van der Waals surface area contributed by atoms with Crippen molar-refractivity contribution >= 4 is 0 Å². The van der Waals surface area contributed by atoms with Gasteiger partial charge < -0.3 is 10.4 Å². The van der Waals surface area contributed by atoms with Crippen molar-refractivity contribution in [1.82, 2.24) is 5.32 Å². The Labute approximate surface area is 91.3 Å². The van der Waals surface area contributed by atoms with Gasteiger partial charge in [-0.2, -0.15) is 0 Å². The van der Waals surface area contributed by atoms with Crippen molar-refractivity contribution in [3.63, 3.8) is 0 Å². The van der Waals surface area contributed by atoms with Crippen LogP contribution in [-0.4, -0.2) is 18.2 Å². The highest BCUT2D eigenvalue weighted by atomic mass is 16.3. The van der Waals surface area contributed by atoms with Gasteiger partial charge in [0.25, 0.3) is 0 Å². The molecule has 15 heavy (non-hydrogen) atoms. The fourth-order valence-electron chi connectivity index (χ4n) is 2.37. The summed E-state index contributed by atoms with van der Waals surface area (Å²) in [5.74, 6) is 0. The van der Waals surface area contributed by atoms with Gasteiger partial charge in [0.1, 0.15) is 5.60 Å². The van der Waals surface area contributed by atoms with Crippen LogP contribution in [0.5, 0.6) is 0 Å². The largest absolute Gasteiger partial charge is 0.384 e. The molecule has 1 aliphatic heterocycles. The third-order valence-corrected chi connectivity index (χ3v) is 3.47. The molecule has 1 unspecified atom stereocenters. The Balaban J connectivity index is 2.39. The molecular weight excluding hydrogens is 186 g/mol. The lowest BCUT2D eigenvalue weighted by atomic mass is 9.83. The van der Waals surface area contributed by atoms with Crippen molar-refractivity contribution in [1.29, 1.82) is 0 Å². The summed E-state index contributed by atoms with van der Waals surface area (Å²) in [7, 11) is 0. The molecule has 1 heterocycles. The molecule has 1 saturated heterocycles. The molecule has 1 fully saturated rings. The van der Waals surface area contributed by atoms with E-state index in [0.717, 1.165) is 24.9 Å². The maximum atomic E-state index is 10.6. The standard InChI is InChI=1S/C13H19NO/c1-10-5-3-6-12(11(10)2)13(15)7-4-8-14-9-13/h3,5-6,14-15H,4,7-9H2,1-2H3. The molecule has 82 valence electrons. The number of rotatable bonds is 1. The van der Waals surface area contributed by atoms with Gasteiger partial charge in [-0.25, -0.2) is 0 Å². The second-order valence-electron chi connectivity index (χ2n) is 4.56. The molecule has 0 saturated carbocycles. The Morgan fingerprint density at radius 3 is 2.80 bits per heavy atom. The lowest BCUT2D eigenvalue weighted by Gasteiger charge is -2.34. The van der Waals surface area contributed by atoms with Crippen LogP contribution in [0.2, 0.25) is 0 Å². The fraction of sp³-hybridized carbons (Fsp3) is 0.538. The summed E-state index contributed by atoms with van der Waals surface area (Å²) in [6.45, 7) is 5.89. The average molecular weight is 205 g/mol. The number of hydrogen-bond donors (Lipinski definition) is 2. The van der Waals surface area contributed by atoms with E-state index in [1.807, 2.05) is 6.07 Å². The minimum atomic E-state index is -0.658. The number of aryl methyl sites for hydroxylation is 1. The molecule has 2 heteroatoms. The fourth-order valence-corrected chi connectivity index (χ4v) is 2.37. The lowest BCUT2D eigenvalue weighted by molar-refractivity contribution is 0.0117. The van der Waals surface area contributed by atoms with Crippen molar-refractivity contribution in [2.75, 3.05) is 13.1 Å². The number of piperidine rings is 1. The maximum Gasteiger partial charge on any atom is 0.102 e. The normalized spacial score (nSPS) is 26.6. The Morgan fingerprint density at radius 2 is 2.13 bits per heavy atom. The highest BCUT2D eigenvalue weighted by Gasteiger charge is 2.32.